The van der Waals surface area contributed by atoms with E-state index in [-0.39, 0.29) is 0 Å². The zero-order chi connectivity index (χ0) is 47.4. The van der Waals surface area contributed by atoms with Crippen LogP contribution in [0.25, 0.3) is 0 Å². The normalized spacial score (nSPS) is 13.9. The van der Waals surface area contributed by atoms with Crippen LogP contribution in [0.4, 0.5) is 0 Å². The number of allylic oxidation sites excluding steroid dienone is 4. The Morgan fingerprint density at radius 1 is 0.385 bits per heavy atom. The Labute approximate surface area is 405 Å². The molecule has 0 saturated heterocycles. The Kier molecular flexibility index (Phi) is 52.7. The maximum absolute atomic E-state index is 12.6. The fraction of sp³-hybridized carbons (Fsp3) is 0.915. The lowest BCUT2D eigenvalue weighted by Gasteiger charge is -2.27. The molecule has 5 N–H and O–H groups in total. The molecule has 0 bridgehead atoms. The number of hydrogen-bond acceptors (Lipinski definition) is 5. The molecule has 0 spiro atoms. The molecule has 0 aromatic heterocycles. The molecule has 4 atom stereocenters. The molecule has 386 valence electrons. The zero-order valence-corrected chi connectivity index (χ0v) is 43.8. The van der Waals surface area contributed by atoms with Crippen LogP contribution in [-0.4, -0.2) is 57.3 Å². The van der Waals surface area contributed by atoms with Gasteiger partial charge in [-0.2, -0.15) is 0 Å². The van der Waals surface area contributed by atoms with Crippen molar-refractivity contribution in [1.82, 2.24) is 5.32 Å². The SMILES string of the molecule is CCCCCCCCCCCCCCCCC/C=C\C/C=C\CCCCCCCCCCCCCCCCCCC(O)C(=O)NC(CO)C(O)C(O)CCCCCCCCCCCCC. The van der Waals surface area contributed by atoms with Crippen LogP contribution in [0.2, 0.25) is 0 Å². The number of carbonyl (C=O) groups is 1. The monoisotopic (exact) mass is 918 g/mol. The molecule has 0 aromatic carbocycles. The Hall–Kier alpha value is -1.21. The largest absolute Gasteiger partial charge is 0.394 e. The van der Waals surface area contributed by atoms with Gasteiger partial charge in [0.15, 0.2) is 0 Å². The van der Waals surface area contributed by atoms with Crippen molar-refractivity contribution < 1.29 is 25.2 Å². The van der Waals surface area contributed by atoms with Gasteiger partial charge in [0, 0.05) is 0 Å². The van der Waals surface area contributed by atoms with Crippen LogP contribution in [0.1, 0.15) is 316 Å². The number of hydrogen-bond donors (Lipinski definition) is 5. The van der Waals surface area contributed by atoms with Gasteiger partial charge in [0.05, 0.1) is 18.8 Å². The van der Waals surface area contributed by atoms with Crippen LogP contribution in [0.3, 0.4) is 0 Å². The van der Waals surface area contributed by atoms with Crippen molar-refractivity contribution in [3.63, 3.8) is 0 Å². The third-order valence-electron chi connectivity index (χ3n) is 13.9. The molecule has 0 fully saturated rings. The predicted octanol–water partition coefficient (Wildman–Crippen LogP) is 17.0. The first-order chi connectivity index (χ1) is 32.0. The standard InChI is InChI=1S/C59H115NO5/c1-3-5-7-9-11-13-15-16-17-18-19-20-21-22-23-24-25-26-27-28-29-30-31-32-33-34-35-36-37-38-39-40-41-43-45-47-49-51-53-57(63)59(65)60-55(54-61)58(64)56(62)52-50-48-46-44-42-14-12-10-8-6-4-2/h25-26,28-29,55-58,61-64H,3-24,27,30-54H2,1-2H3,(H,60,65)/b26-25-,29-28-. The minimum atomic E-state index is -1.26. The Balaban J connectivity index is 3.50. The Bertz CT molecular complexity index is 986. The fourth-order valence-electron chi connectivity index (χ4n) is 9.32. The number of rotatable bonds is 54. The summed E-state index contributed by atoms with van der Waals surface area (Å²) in [6, 6.07) is -0.982. The van der Waals surface area contributed by atoms with Gasteiger partial charge < -0.3 is 25.7 Å². The van der Waals surface area contributed by atoms with Crippen LogP contribution in [-0.2, 0) is 4.79 Å². The molecule has 0 radical (unpaired) electrons. The Morgan fingerprint density at radius 3 is 0.969 bits per heavy atom. The summed E-state index contributed by atoms with van der Waals surface area (Å²) in [7, 11) is 0. The summed E-state index contributed by atoms with van der Waals surface area (Å²) in [5, 5.41) is 43.8. The van der Waals surface area contributed by atoms with Gasteiger partial charge in [0.2, 0.25) is 5.91 Å². The number of nitrogens with one attached hydrogen (secondary N) is 1. The zero-order valence-electron chi connectivity index (χ0n) is 43.8. The van der Waals surface area contributed by atoms with Crippen LogP contribution in [0.15, 0.2) is 24.3 Å². The van der Waals surface area contributed by atoms with E-state index in [1.54, 1.807) is 0 Å². The first kappa shape index (κ1) is 63.8. The van der Waals surface area contributed by atoms with Crippen molar-refractivity contribution in [3.05, 3.63) is 24.3 Å². The molecule has 6 nitrogen and oxygen atoms in total. The molecular formula is C59H115NO5. The summed E-state index contributed by atoms with van der Waals surface area (Å²) in [4.78, 5) is 12.6. The van der Waals surface area contributed by atoms with E-state index in [9.17, 15) is 25.2 Å². The lowest BCUT2D eigenvalue weighted by atomic mass is 9.99. The fourth-order valence-corrected chi connectivity index (χ4v) is 9.32. The summed E-state index contributed by atoms with van der Waals surface area (Å²) in [5.41, 5.74) is 0. The molecule has 65 heavy (non-hydrogen) atoms. The molecule has 0 rings (SSSR count). The lowest BCUT2D eigenvalue weighted by Crippen LogP contribution is -2.53. The quantitative estimate of drug-likeness (QED) is 0.0308. The first-order valence-corrected chi connectivity index (χ1v) is 29.2. The van der Waals surface area contributed by atoms with E-state index in [0.717, 1.165) is 44.9 Å². The van der Waals surface area contributed by atoms with E-state index in [1.165, 1.54) is 244 Å². The van der Waals surface area contributed by atoms with Gasteiger partial charge >= 0.3 is 0 Å². The second-order valence-corrected chi connectivity index (χ2v) is 20.3. The Morgan fingerprint density at radius 2 is 0.662 bits per heavy atom. The van der Waals surface area contributed by atoms with Crippen molar-refractivity contribution >= 4 is 5.91 Å². The summed E-state index contributed by atoms with van der Waals surface area (Å²) in [5.74, 6) is -0.581. The average molecular weight is 919 g/mol. The molecule has 0 aliphatic heterocycles. The highest BCUT2D eigenvalue weighted by Crippen LogP contribution is 2.18. The molecule has 0 saturated carbocycles. The molecule has 0 aromatic rings. The van der Waals surface area contributed by atoms with Gasteiger partial charge in [-0.05, 0) is 44.9 Å². The van der Waals surface area contributed by atoms with Crippen LogP contribution in [0, 0.1) is 0 Å². The minimum Gasteiger partial charge on any atom is -0.394 e. The maximum atomic E-state index is 12.6. The van der Waals surface area contributed by atoms with Gasteiger partial charge in [0.1, 0.15) is 12.2 Å². The van der Waals surface area contributed by atoms with Crippen LogP contribution >= 0.6 is 0 Å². The van der Waals surface area contributed by atoms with E-state index in [0.29, 0.717) is 12.8 Å². The minimum absolute atomic E-state index is 0.371. The van der Waals surface area contributed by atoms with Crippen molar-refractivity contribution in [2.45, 2.75) is 340 Å². The van der Waals surface area contributed by atoms with E-state index in [2.05, 4.69) is 43.5 Å². The second kappa shape index (κ2) is 53.7. The second-order valence-electron chi connectivity index (χ2n) is 20.3. The van der Waals surface area contributed by atoms with Crippen molar-refractivity contribution in [2.75, 3.05) is 6.61 Å². The number of carbonyl (C=O) groups excluding carboxylic acids is 1. The summed E-state index contributed by atoms with van der Waals surface area (Å²) in [6.45, 7) is 4.06. The smallest absolute Gasteiger partial charge is 0.249 e. The van der Waals surface area contributed by atoms with E-state index in [4.69, 9.17) is 0 Å². The molecular weight excluding hydrogens is 803 g/mol. The van der Waals surface area contributed by atoms with Crippen LogP contribution < -0.4 is 5.32 Å². The van der Waals surface area contributed by atoms with Gasteiger partial charge in [-0.1, -0.05) is 295 Å². The van der Waals surface area contributed by atoms with E-state index >= 15 is 0 Å². The van der Waals surface area contributed by atoms with Crippen molar-refractivity contribution in [1.29, 1.82) is 0 Å². The molecule has 4 unspecified atom stereocenters. The van der Waals surface area contributed by atoms with E-state index in [1.807, 2.05) is 0 Å². The van der Waals surface area contributed by atoms with Crippen molar-refractivity contribution in [3.8, 4) is 0 Å². The molecule has 1 amide bonds. The number of aliphatic hydroxyl groups excluding tert-OH is 4. The van der Waals surface area contributed by atoms with Gasteiger partial charge in [-0.15, -0.1) is 0 Å². The molecule has 6 heteroatoms. The third kappa shape index (κ3) is 47.6. The lowest BCUT2D eigenvalue weighted by molar-refractivity contribution is -0.132. The number of amides is 1. The third-order valence-corrected chi connectivity index (χ3v) is 13.9. The summed E-state index contributed by atoms with van der Waals surface area (Å²) >= 11 is 0. The highest BCUT2D eigenvalue weighted by atomic mass is 16.3. The first-order valence-electron chi connectivity index (χ1n) is 29.2. The number of aliphatic hydroxyl groups is 4. The highest BCUT2D eigenvalue weighted by Gasteiger charge is 2.28. The topological polar surface area (TPSA) is 110 Å². The van der Waals surface area contributed by atoms with Gasteiger partial charge in [0.25, 0.3) is 0 Å². The molecule has 0 aliphatic rings. The summed E-state index contributed by atoms with van der Waals surface area (Å²) in [6.07, 6.45) is 65.7. The molecule has 0 heterocycles. The number of unbranched alkanes of at least 4 members (excludes halogenated alkanes) is 41. The average Bonchev–Trinajstić information content (AvgIpc) is 3.31. The van der Waals surface area contributed by atoms with Crippen LogP contribution in [0.5, 0.6) is 0 Å². The van der Waals surface area contributed by atoms with E-state index < -0.39 is 36.9 Å². The summed E-state index contributed by atoms with van der Waals surface area (Å²) < 4.78 is 0. The highest BCUT2D eigenvalue weighted by molar-refractivity contribution is 5.80. The molecule has 0 aliphatic carbocycles. The van der Waals surface area contributed by atoms with Crippen molar-refractivity contribution in [2.24, 2.45) is 0 Å². The maximum Gasteiger partial charge on any atom is 0.249 e. The van der Waals surface area contributed by atoms with Gasteiger partial charge in [-0.3, -0.25) is 4.79 Å². The predicted molar refractivity (Wildman–Crippen MR) is 284 cm³/mol. The van der Waals surface area contributed by atoms with Gasteiger partial charge in [-0.25, -0.2) is 0 Å².